The van der Waals surface area contributed by atoms with E-state index < -0.39 is 29.6 Å². The van der Waals surface area contributed by atoms with Gasteiger partial charge in [0.25, 0.3) is 5.78 Å². The van der Waals surface area contributed by atoms with Crippen LogP contribution >= 0.6 is 0 Å². The quantitative estimate of drug-likeness (QED) is 0.637. The average molecular weight is 343 g/mol. The number of ether oxygens (including phenoxy) is 1. The molecule has 7 heteroatoms. The highest BCUT2D eigenvalue weighted by molar-refractivity contribution is 5.94. The summed E-state index contributed by atoms with van der Waals surface area (Å²) in [5, 5.41) is 2.52. The van der Waals surface area contributed by atoms with Gasteiger partial charge in [0.05, 0.1) is 0 Å². The summed E-state index contributed by atoms with van der Waals surface area (Å²) < 4.78 is 41.8. The largest absolute Gasteiger partial charge is 0.458 e. The molecule has 0 amide bonds. The van der Waals surface area contributed by atoms with Crippen LogP contribution in [0.1, 0.15) is 26.3 Å². The van der Waals surface area contributed by atoms with Crippen LogP contribution in [0.3, 0.4) is 0 Å². The number of allylic oxidation sites excluding steroid dienone is 1. The Kier molecular flexibility index (Phi) is 6.57. The molecule has 1 aromatic carbocycles. The van der Waals surface area contributed by atoms with E-state index >= 15 is 0 Å². The van der Waals surface area contributed by atoms with Crippen LogP contribution in [0.4, 0.5) is 13.2 Å². The molecule has 0 saturated carbocycles. The maximum Gasteiger partial charge on any atom is 0.454 e. The summed E-state index contributed by atoms with van der Waals surface area (Å²) in [6.45, 7) is 5.06. The summed E-state index contributed by atoms with van der Waals surface area (Å²) in [5.41, 5.74) is 0.0653. The fourth-order valence-corrected chi connectivity index (χ4v) is 1.77. The van der Waals surface area contributed by atoms with Gasteiger partial charge >= 0.3 is 12.1 Å². The number of hydrogen-bond donors (Lipinski definition) is 1. The lowest BCUT2D eigenvalue weighted by molar-refractivity contribution is -0.165. The molecule has 0 bridgehead atoms. The van der Waals surface area contributed by atoms with Crippen molar-refractivity contribution in [3.8, 4) is 0 Å². The Morgan fingerprint density at radius 3 is 2.25 bits per heavy atom. The Morgan fingerprint density at radius 2 is 1.75 bits per heavy atom. The fourth-order valence-electron chi connectivity index (χ4n) is 1.77. The maximum absolute atomic E-state index is 12.2. The molecular formula is C17H20F3NO3. The molecule has 4 nitrogen and oxygen atoms in total. The second-order valence-corrected chi connectivity index (χ2v) is 6.14. The van der Waals surface area contributed by atoms with E-state index in [2.05, 4.69) is 5.32 Å². The van der Waals surface area contributed by atoms with Gasteiger partial charge in [-0.15, -0.1) is 0 Å². The van der Waals surface area contributed by atoms with E-state index in [9.17, 15) is 22.8 Å². The van der Waals surface area contributed by atoms with Crippen molar-refractivity contribution in [3.05, 3.63) is 48.2 Å². The monoisotopic (exact) mass is 343 g/mol. The summed E-state index contributed by atoms with van der Waals surface area (Å²) >= 11 is 0. The first-order chi connectivity index (χ1) is 11.0. The topological polar surface area (TPSA) is 55.4 Å². The van der Waals surface area contributed by atoms with E-state index in [1.54, 1.807) is 51.1 Å². The van der Waals surface area contributed by atoms with Crippen molar-refractivity contribution in [2.24, 2.45) is 0 Å². The van der Waals surface area contributed by atoms with E-state index in [0.29, 0.717) is 6.08 Å². The van der Waals surface area contributed by atoms with Crippen LogP contribution in [0.25, 0.3) is 0 Å². The van der Waals surface area contributed by atoms with Gasteiger partial charge in [0, 0.05) is 18.7 Å². The molecule has 0 aromatic heterocycles. The van der Waals surface area contributed by atoms with E-state index in [4.69, 9.17) is 4.74 Å². The van der Waals surface area contributed by atoms with Crippen molar-refractivity contribution < 1.29 is 27.5 Å². The van der Waals surface area contributed by atoms with Gasteiger partial charge in [-0.3, -0.25) is 4.79 Å². The molecule has 1 unspecified atom stereocenters. The third-order valence-electron chi connectivity index (χ3n) is 2.79. The van der Waals surface area contributed by atoms with Gasteiger partial charge in [0.15, 0.2) is 0 Å². The predicted octanol–water partition coefficient (Wildman–Crippen LogP) is 3.17. The molecule has 1 N–H and O–H groups in total. The lowest BCUT2D eigenvalue weighted by atomic mass is 10.1. The van der Waals surface area contributed by atoms with Crippen LogP contribution < -0.4 is 5.32 Å². The zero-order valence-corrected chi connectivity index (χ0v) is 13.7. The molecule has 0 aliphatic carbocycles. The van der Waals surface area contributed by atoms with Crippen molar-refractivity contribution in [2.75, 3.05) is 0 Å². The van der Waals surface area contributed by atoms with Crippen LogP contribution in [0.2, 0.25) is 0 Å². The van der Waals surface area contributed by atoms with Gasteiger partial charge in [-0.05, 0) is 26.3 Å². The number of nitrogens with one attached hydrogen (secondary N) is 1. The highest BCUT2D eigenvalue weighted by Gasteiger charge is 2.36. The lowest BCUT2D eigenvalue weighted by Gasteiger charge is -2.24. The lowest BCUT2D eigenvalue weighted by Crippen LogP contribution is -2.40. The van der Waals surface area contributed by atoms with Crippen LogP contribution in [0.15, 0.2) is 42.6 Å². The molecular weight excluding hydrogens is 323 g/mol. The van der Waals surface area contributed by atoms with Gasteiger partial charge < -0.3 is 10.1 Å². The van der Waals surface area contributed by atoms with Gasteiger partial charge in [0.1, 0.15) is 11.6 Å². The molecule has 0 spiro atoms. The number of carbonyl (C=O) groups excluding carboxylic acids is 2. The summed E-state index contributed by atoms with van der Waals surface area (Å²) in [4.78, 5) is 23.0. The zero-order chi connectivity index (χ0) is 18.4. The first-order valence-electron chi connectivity index (χ1n) is 7.29. The van der Waals surface area contributed by atoms with Crippen molar-refractivity contribution in [1.82, 2.24) is 5.32 Å². The Balaban J connectivity index is 2.83. The Labute approximate surface area is 138 Å². The van der Waals surface area contributed by atoms with Crippen molar-refractivity contribution in [3.63, 3.8) is 0 Å². The molecule has 0 radical (unpaired) electrons. The summed E-state index contributed by atoms with van der Waals surface area (Å²) in [6.07, 6.45) is -3.56. The molecule has 0 saturated heterocycles. The second-order valence-electron chi connectivity index (χ2n) is 6.14. The predicted molar refractivity (Wildman–Crippen MR) is 83.1 cm³/mol. The number of hydrogen-bond acceptors (Lipinski definition) is 4. The number of benzene rings is 1. The van der Waals surface area contributed by atoms with Crippen molar-refractivity contribution in [2.45, 2.75) is 45.0 Å². The maximum atomic E-state index is 12.2. The van der Waals surface area contributed by atoms with Gasteiger partial charge in [-0.2, -0.15) is 13.2 Å². The number of esters is 1. The fraction of sp³-hybridized carbons (Fsp3) is 0.412. The smallest absolute Gasteiger partial charge is 0.454 e. The minimum Gasteiger partial charge on any atom is -0.458 e. The average Bonchev–Trinajstić information content (AvgIpc) is 2.44. The normalized spacial score (nSPS) is 13.6. The van der Waals surface area contributed by atoms with E-state index in [0.717, 1.165) is 11.8 Å². The molecule has 0 fully saturated rings. The van der Waals surface area contributed by atoms with Gasteiger partial charge in [-0.1, -0.05) is 30.3 Å². The van der Waals surface area contributed by atoms with Crippen molar-refractivity contribution >= 4 is 11.8 Å². The highest BCUT2D eigenvalue weighted by Crippen LogP contribution is 2.16. The van der Waals surface area contributed by atoms with Crippen LogP contribution in [0, 0.1) is 0 Å². The minimum absolute atomic E-state index is 0.209. The van der Waals surface area contributed by atoms with E-state index in [-0.39, 0.29) is 6.42 Å². The number of ketones is 1. The molecule has 1 rings (SSSR count). The van der Waals surface area contributed by atoms with Crippen LogP contribution in [-0.2, 0) is 20.7 Å². The Morgan fingerprint density at radius 1 is 1.17 bits per heavy atom. The molecule has 0 heterocycles. The van der Waals surface area contributed by atoms with Gasteiger partial charge in [0.2, 0.25) is 0 Å². The van der Waals surface area contributed by atoms with Gasteiger partial charge in [-0.25, -0.2) is 4.79 Å². The van der Waals surface area contributed by atoms with Crippen LogP contribution in [-0.4, -0.2) is 29.6 Å². The number of rotatable bonds is 6. The molecule has 1 aromatic rings. The Bertz CT molecular complexity index is 589. The standard InChI is InChI=1S/C17H20F3NO3/c1-16(2,3)24-15(23)13(11-12-7-5-4-6-8-12)21-10-9-14(22)17(18,19)20/h4-10,13,21H,11H2,1-3H3. The first kappa shape index (κ1) is 19.7. The summed E-state index contributed by atoms with van der Waals surface area (Å²) in [5.74, 6) is -2.62. The summed E-state index contributed by atoms with van der Waals surface area (Å²) in [6, 6.07) is 8.02. The minimum atomic E-state index is -4.95. The van der Waals surface area contributed by atoms with E-state index in [1.165, 1.54) is 0 Å². The van der Waals surface area contributed by atoms with Crippen molar-refractivity contribution in [1.29, 1.82) is 0 Å². The second kappa shape index (κ2) is 7.99. The number of halogens is 3. The number of carbonyl (C=O) groups is 2. The molecule has 1 atom stereocenters. The third-order valence-corrected chi connectivity index (χ3v) is 2.79. The third kappa shape index (κ3) is 7.30. The molecule has 0 aliphatic rings. The summed E-state index contributed by atoms with van der Waals surface area (Å²) in [7, 11) is 0. The molecule has 0 aliphatic heterocycles. The highest BCUT2D eigenvalue weighted by atomic mass is 19.4. The molecule has 24 heavy (non-hydrogen) atoms. The SMILES string of the molecule is CC(C)(C)OC(=O)C(Cc1ccccc1)NC=CC(=O)C(F)(F)F. The molecule has 132 valence electrons. The van der Waals surface area contributed by atoms with E-state index in [1.807, 2.05) is 0 Å². The Hall–Kier alpha value is -2.31. The van der Waals surface area contributed by atoms with Crippen LogP contribution in [0.5, 0.6) is 0 Å². The number of alkyl halides is 3. The first-order valence-corrected chi connectivity index (χ1v) is 7.29. The zero-order valence-electron chi connectivity index (χ0n) is 13.7.